The van der Waals surface area contributed by atoms with Gasteiger partial charge in [-0.15, -0.1) is 0 Å². The summed E-state index contributed by atoms with van der Waals surface area (Å²) in [6.45, 7) is 10.5. The molecule has 0 N–H and O–H groups in total. The standard InChI is InChI=1S/C14H30BrNO/c1-5-8-14(12-15,9-6-2)13-16(4)10-11-17-7-3/h5-13H2,1-4H3. The summed E-state index contributed by atoms with van der Waals surface area (Å²) in [5.41, 5.74) is 0.449. The van der Waals surface area contributed by atoms with Crippen LogP contribution in [0.3, 0.4) is 0 Å². The molecule has 0 aliphatic rings. The second-order valence-electron chi connectivity index (χ2n) is 5.07. The van der Waals surface area contributed by atoms with Crippen LogP contribution >= 0.6 is 15.9 Å². The summed E-state index contributed by atoms with van der Waals surface area (Å²) in [7, 11) is 2.21. The Hall–Kier alpha value is 0.400. The third-order valence-corrected chi connectivity index (χ3v) is 4.46. The minimum atomic E-state index is 0.449. The van der Waals surface area contributed by atoms with Crippen molar-refractivity contribution < 1.29 is 4.74 Å². The van der Waals surface area contributed by atoms with Crippen LogP contribution in [0.4, 0.5) is 0 Å². The molecule has 3 heteroatoms. The molecule has 0 aromatic heterocycles. The van der Waals surface area contributed by atoms with Gasteiger partial charge in [0.25, 0.3) is 0 Å². The molecule has 17 heavy (non-hydrogen) atoms. The highest BCUT2D eigenvalue weighted by molar-refractivity contribution is 9.09. The molecule has 0 heterocycles. The molecule has 0 aromatic carbocycles. The van der Waals surface area contributed by atoms with E-state index in [1.165, 1.54) is 32.2 Å². The average Bonchev–Trinajstić information content (AvgIpc) is 2.30. The zero-order chi connectivity index (χ0) is 13.1. The zero-order valence-corrected chi connectivity index (χ0v) is 13.7. The molecule has 0 rings (SSSR count). The quantitative estimate of drug-likeness (QED) is 0.423. The number of hydrogen-bond acceptors (Lipinski definition) is 2. The fraction of sp³-hybridized carbons (Fsp3) is 1.00. The second kappa shape index (κ2) is 10.3. The lowest BCUT2D eigenvalue weighted by atomic mass is 9.81. The van der Waals surface area contributed by atoms with Crippen LogP contribution in [0.5, 0.6) is 0 Å². The monoisotopic (exact) mass is 307 g/mol. The van der Waals surface area contributed by atoms with Crippen molar-refractivity contribution in [2.75, 3.05) is 38.7 Å². The van der Waals surface area contributed by atoms with Gasteiger partial charge in [-0.05, 0) is 32.2 Å². The van der Waals surface area contributed by atoms with E-state index >= 15 is 0 Å². The van der Waals surface area contributed by atoms with Crippen molar-refractivity contribution in [1.82, 2.24) is 4.90 Å². The smallest absolute Gasteiger partial charge is 0.0593 e. The molecule has 0 aliphatic carbocycles. The minimum absolute atomic E-state index is 0.449. The summed E-state index contributed by atoms with van der Waals surface area (Å²) < 4.78 is 5.42. The Bertz CT molecular complexity index is 170. The number of hydrogen-bond donors (Lipinski definition) is 0. The van der Waals surface area contributed by atoms with Gasteiger partial charge in [0.05, 0.1) is 6.61 Å². The Kier molecular flexibility index (Phi) is 10.6. The van der Waals surface area contributed by atoms with Crippen molar-refractivity contribution >= 4 is 15.9 Å². The number of alkyl halides is 1. The number of ether oxygens (including phenoxy) is 1. The number of likely N-dealkylation sites (N-methyl/N-ethyl adjacent to an activating group) is 1. The summed E-state index contributed by atoms with van der Waals surface area (Å²) in [5.74, 6) is 0. The first-order valence-electron chi connectivity index (χ1n) is 6.96. The first kappa shape index (κ1) is 17.4. The summed E-state index contributed by atoms with van der Waals surface area (Å²) in [6, 6.07) is 0. The fourth-order valence-electron chi connectivity index (χ4n) is 2.54. The fourth-order valence-corrected chi connectivity index (χ4v) is 3.27. The van der Waals surface area contributed by atoms with Crippen LogP contribution in [0, 0.1) is 5.41 Å². The highest BCUT2D eigenvalue weighted by Gasteiger charge is 2.28. The van der Waals surface area contributed by atoms with Crippen molar-refractivity contribution in [3.05, 3.63) is 0 Å². The van der Waals surface area contributed by atoms with Crippen molar-refractivity contribution in [3.8, 4) is 0 Å². The largest absolute Gasteiger partial charge is 0.380 e. The van der Waals surface area contributed by atoms with E-state index < -0.39 is 0 Å². The van der Waals surface area contributed by atoms with E-state index in [0.717, 1.165) is 25.1 Å². The molecular formula is C14H30BrNO. The third-order valence-electron chi connectivity index (χ3n) is 3.27. The van der Waals surface area contributed by atoms with E-state index in [1.807, 2.05) is 0 Å². The van der Waals surface area contributed by atoms with E-state index in [2.05, 4.69) is 48.6 Å². The van der Waals surface area contributed by atoms with Gasteiger partial charge in [-0.2, -0.15) is 0 Å². The Morgan fingerprint density at radius 3 is 2.12 bits per heavy atom. The zero-order valence-electron chi connectivity index (χ0n) is 12.1. The summed E-state index contributed by atoms with van der Waals surface area (Å²) in [6.07, 6.45) is 5.16. The predicted octanol–water partition coefficient (Wildman–Crippen LogP) is 3.94. The molecule has 0 amide bonds. The van der Waals surface area contributed by atoms with Crippen LogP contribution in [0.2, 0.25) is 0 Å². The maximum atomic E-state index is 5.42. The van der Waals surface area contributed by atoms with Crippen molar-refractivity contribution in [2.24, 2.45) is 5.41 Å². The van der Waals surface area contributed by atoms with Crippen LogP contribution in [0.25, 0.3) is 0 Å². The van der Waals surface area contributed by atoms with Gasteiger partial charge in [0.2, 0.25) is 0 Å². The number of nitrogens with zero attached hydrogens (tertiary/aromatic N) is 1. The Labute approximate surface area is 116 Å². The highest BCUT2D eigenvalue weighted by atomic mass is 79.9. The van der Waals surface area contributed by atoms with Crippen LogP contribution < -0.4 is 0 Å². The molecule has 0 aromatic rings. The number of halogens is 1. The summed E-state index contributed by atoms with van der Waals surface area (Å²) in [4.78, 5) is 2.42. The Morgan fingerprint density at radius 2 is 1.71 bits per heavy atom. The van der Waals surface area contributed by atoms with E-state index in [9.17, 15) is 0 Å². The van der Waals surface area contributed by atoms with E-state index in [0.29, 0.717) is 5.41 Å². The molecule has 0 saturated heterocycles. The van der Waals surface area contributed by atoms with Gasteiger partial charge in [0.15, 0.2) is 0 Å². The van der Waals surface area contributed by atoms with Gasteiger partial charge in [-0.25, -0.2) is 0 Å². The summed E-state index contributed by atoms with van der Waals surface area (Å²) in [5, 5.41) is 1.11. The maximum absolute atomic E-state index is 5.42. The molecule has 0 spiro atoms. The van der Waals surface area contributed by atoms with Gasteiger partial charge in [-0.3, -0.25) is 0 Å². The van der Waals surface area contributed by atoms with Crippen LogP contribution in [0.15, 0.2) is 0 Å². The molecule has 0 unspecified atom stereocenters. The molecule has 0 fully saturated rings. The van der Waals surface area contributed by atoms with Crippen molar-refractivity contribution in [2.45, 2.75) is 46.5 Å². The maximum Gasteiger partial charge on any atom is 0.0593 e. The first-order chi connectivity index (χ1) is 8.14. The Morgan fingerprint density at radius 1 is 1.12 bits per heavy atom. The molecule has 0 aliphatic heterocycles. The van der Waals surface area contributed by atoms with Gasteiger partial charge >= 0.3 is 0 Å². The number of rotatable bonds is 11. The van der Waals surface area contributed by atoms with Gasteiger partial charge in [-0.1, -0.05) is 42.6 Å². The van der Waals surface area contributed by atoms with Gasteiger partial charge in [0.1, 0.15) is 0 Å². The highest BCUT2D eigenvalue weighted by Crippen LogP contribution is 2.32. The van der Waals surface area contributed by atoms with Crippen molar-refractivity contribution in [1.29, 1.82) is 0 Å². The second-order valence-corrected chi connectivity index (χ2v) is 5.63. The third kappa shape index (κ3) is 7.43. The normalized spacial score (nSPS) is 12.4. The topological polar surface area (TPSA) is 12.5 Å². The summed E-state index contributed by atoms with van der Waals surface area (Å²) >= 11 is 3.73. The molecule has 104 valence electrons. The van der Waals surface area contributed by atoms with Crippen LogP contribution in [-0.2, 0) is 4.74 Å². The van der Waals surface area contributed by atoms with Gasteiger partial charge in [0, 0.05) is 25.0 Å². The van der Waals surface area contributed by atoms with E-state index in [1.54, 1.807) is 0 Å². The molecule has 0 atom stereocenters. The lowest BCUT2D eigenvalue weighted by Crippen LogP contribution is -2.38. The van der Waals surface area contributed by atoms with Crippen LogP contribution in [-0.4, -0.2) is 43.6 Å². The molecular weight excluding hydrogens is 278 g/mol. The Balaban J connectivity index is 4.19. The molecule has 2 nitrogen and oxygen atoms in total. The predicted molar refractivity (Wildman–Crippen MR) is 80.0 cm³/mol. The van der Waals surface area contributed by atoms with Crippen LogP contribution in [0.1, 0.15) is 46.5 Å². The lowest BCUT2D eigenvalue weighted by Gasteiger charge is -2.35. The van der Waals surface area contributed by atoms with Gasteiger partial charge < -0.3 is 9.64 Å². The molecule has 0 bridgehead atoms. The SMILES string of the molecule is CCCC(CBr)(CCC)CN(C)CCOCC. The lowest BCUT2D eigenvalue weighted by molar-refractivity contribution is 0.0995. The van der Waals surface area contributed by atoms with E-state index in [-0.39, 0.29) is 0 Å². The molecule has 0 saturated carbocycles. The minimum Gasteiger partial charge on any atom is -0.380 e. The average molecular weight is 308 g/mol. The van der Waals surface area contributed by atoms with E-state index in [4.69, 9.17) is 4.74 Å². The van der Waals surface area contributed by atoms with Crippen molar-refractivity contribution in [3.63, 3.8) is 0 Å². The molecule has 0 radical (unpaired) electrons. The first-order valence-corrected chi connectivity index (χ1v) is 8.08.